The molecule has 0 aromatic rings. The molecule has 0 aromatic carbocycles. The summed E-state index contributed by atoms with van der Waals surface area (Å²) in [6, 6.07) is -0.131. The van der Waals surface area contributed by atoms with E-state index in [1.165, 1.54) is 0 Å². The molecule has 0 saturated carbocycles. The van der Waals surface area contributed by atoms with Crippen LogP contribution in [0, 0.1) is 0 Å². The number of fused-ring (bicyclic) bond motifs is 1. The molecule has 2 aliphatic rings. The van der Waals surface area contributed by atoms with Crippen LogP contribution < -0.4 is 0 Å². The van der Waals surface area contributed by atoms with Gasteiger partial charge in [0.25, 0.3) is 0 Å². The summed E-state index contributed by atoms with van der Waals surface area (Å²) in [6.45, 7) is 10.5. The maximum absolute atomic E-state index is 12.3. The zero-order valence-electron chi connectivity index (χ0n) is 12.9. The predicted octanol–water partition coefficient (Wildman–Crippen LogP) is 2.22. The lowest BCUT2D eigenvalue weighted by Crippen LogP contribution is -2.61. The number of nitrogens with zero attached hydrogens (tertiary/aromatic N) is 2. The molecule has 6 heteroatoms. The normalized spacial score (nSPS) is 30.1. The number of hydrogen-bond acceptors (Lipinski definition) is 4. The largest absolute Gasteiger partial charge is 0.444 e. The van der Waals surface area contributed by atoms with Crippen molar-refractivity contribution in [1.82, 2.24) is 9.80 Å². The summed E-state index contributed by atoms with van der Waals surface area (Å²) >= 11 is 0. The molecule has 2 rings (SSSR count). The molecule has 2 fully saturated rings. The first kappa shape index (κ1) is 14.9. The Labute approximate surface area is 120 Å². The number of amides is 2. The van der Waals surface area contributed by atoms with Gasteiger partial charge in [0.05, 0.1) is 12.1 Å². The summed E-state index contributed by atoms with van der Waals surface area (Å²) < 4.78 is 10.7. The Morgan fingerprint density at radius 1 is 1.40 bits per heavy atom. The lowest BCUT2D eigenvalue weighted by Gasteiger charge is -2.43. The van der Waals surface area contributed by atoms with Crippen molar-refractivity contribution in [2.75, 3.05) is 13.1 Å². The van der Waals surface area contributed by atoms with Gasteiger partial charge in [0, 0.05) is 13.1 Å². The molecule has 114 valence electrons. The summed E-state index contributed by atoms with van der Waals surface area (Å²) in [7, 11) is 0. The van der Waals surface area contributed by atoms with Crippen LogP contribution >= 0.6 is 0 Å². The second-order valence-corrected chi connectivity index (χ2v) is 6.42. The smallest absolute Gasteiger partial charge is 0.410 e. The fraction of sp³-hybridized carbons (Fsp3) is 0.857. The number of carbonyl (C=O) groups is 2. The molecule has 0 spiro atoms. The van der Waals surface area contributed by atoms with E-state index in [2.05, 4.69) is 0 Å². The second-order valence-electron chi connectivity index (χ2n) is 6.42. The minimum absolute atomic E-state index is 0.0555. The van der Waals surface area contributed by atoms with E-state index in [-0.39, 0.29) is 30.4 Å². The molecule has 20 heavy (non-hydrogen) atoms. The van der Waals surface area contributed by atoms with Crippen LogP contribution in [0.3, 0.4) is 0 Å². The Hall–Kier alpha value is -1.46. The SMILES string of the molecule is CC[C@H]1[C@H]2[C@H](C)OC(=O)N2CCN1C(=O)OC(C)(C)C. The van der Waals surface area contributed by atoms with E-state index >= 15 is 0 Å². The zero-order chi connectivity index (χ0) is 15.1. The molecular weight excluding hydrogens is 260 g/mol. The van der Waals surface area contributed by atoms with Gasteiger partial charge in [0.1, 0.15) is 11.7 Å². The Bertz CT molecular complexity index is 404. The van der Waals surface area contributed by atoms with Gasteiger partial charge in [0.15, 0.2) is 0 Å². The molecule has 0 N–H and O–H groups in total. The van der Waals surface area contributed by atoms with Crippen molar-refractivity contribution in [3.63, 3.8) is 0 Å². The monoisotopic (exact) mass is 284 g/mol. The Balaban J connectivity index is 2.16. The molecule has 2 saturated heterocycles. The molecule has 0 aliphatic carbocycles. The standard InChI is InChI=1S/C14H24N2O4/c1-6-10-11-9(2)19-12(17)16(11)8-7-15(10)13(18)20-14(3,4)5/h9-11H,6-8H2,1-5H3/t9-,10-,11+/m0/s1. The highest BCUT2D eigenvalue weighted by atomic mass is 16.6. The quantitative estimate of drug-likeness (QED) is 0.741. The fourth-order valence-electron chi connectivity index (χ4n) is 3.01. The number of cyclic esters (lactones) is 1. The van der Waals surface area contributed by atoms with Crippen LogP contribution in [0.2, 0.25) is 0 Å². The summed E-state index contributed by atoms with van der Waals surface area (Å²) in [4.78, 5) is 27.6. The maximum Gasteiger partial charge on any atom is 0.410 e. The highest BCUT2D eigenvalue weighted by Gasteiger charge is 2.49. The van der Waals surface area contributed by atoms with Gasteiger partial charge < -0.3 is 14.4 Å². The topological polar surface area (TPSA) is 59.1 Å². The van der Waals surface area contributed by atoms with E-state index in [0.717, 1.165) is 6.42 Å². The van der Waals surface area contributed by atoms with Crippen LogP contribution in [0.4, 0.5) is 9.59 Å². The third kappa shape index (κ3) is 2.69. The van der Waals surface area contributed by atoms with Crippen molar-refractivity contribution in [1.29, 1.82) is 0 Å². The number of rotatable bonds is 1. The van der Waals surface area contributed by atoms with Crippen molar-refractivity contribution in [2.24, 2.45) is 0 Å². The van der Waals surface area contributed by atoms with Gasteiger partial charge in [-0.25, -0.2) is 9.59 Å². The summed E-state index contributed by atoms with van der Waals surface area (Å²) in [6.07, 6.45) is -0.0143. The number of piperazine rings is 1. The molecule has 2 amide bonds. The van der Waals surface area contributed by atoms with E-state index < -0.39 is 5.60 Å². The van der Waals surface area contributed by atoms with Gasteiger partial charge in [0.2, 0.25) is 0 Å². The number of ether oxygens (including phenoxy) is 2. The van der Waals surface area contributed by atoms with Gasteiger partial charge in [-0.2, -0.15) is 0 Å². The Morgan fingerprint density at radius 2 is 2.05 bits per heavy atom. The number of carbonyl (C=O) groups excluding carboxylic acids is 2. The van der Waals surface area contributed by atoms with Crippen molar-refractivity contribution in [3.8, 4) is 0 Å². The van der Waals surface area contributed by atoms with Crippen molar-refractivity contribution < 1.29 is 19.1 Å². The van der Waals surface area contributed by atoms with Crippen molar-refractivity contribution >= 4 is 12.2 Å². The van der Waals surface area contributed by atoms with Gasteiger partial charge in [-0.05, 0) is 34.1 Å². The molecule has 6 nitrogen and oxygen atoms in total. The Morgan fingerprint density at radius 3 is 2.60 bits per heavy atom. The molecule has 2 heterocycles. The zero-order valence-corrected chi connectivity index (χ0v) is 12.9. The van der Waals surface area contributed by atoms with Crippen LogP contribution in [0.15, 0.2) is 0 Å². The van der Waals surface area contributed by atoms with Crippen LogP contribution in [0.25, 0.3) is 0 Å². The minimum atomic E-state index is -0.514. The third-order valence-corrected chi connectivity index (χ3v) is 3.78. The summed E-state index contributed by atoms with van der Waals surface area (Å²) in [5, 5.41) is 0. The van der Waals surface area contributed by atoms with E-state index in [0.29, 0.717) is 13.1 Å². The van der Waals surface area contributed by atoms with Gasteiger partial charge >= 0.3 is 12.2 Å². The van der Waals surface area contributed by atoms with Crippen molar-refractivity contribution in [3.05, 3.63) is 0 Å². The van der Waals surface area contributed by atoms with E-state index in [4.69, 9.17) is 9.47 Å². The molecule has 0 aromatic heterocycles. The average Bonchev–Trinajstić information content (AvgIpc) is 2.62. The van der Waals surface area contributed by atoms with Crippen LogP contribution in [-0.2, 0) is 9.47 Å². The first-order valence-electron chi connectivity index (χ1n) is 7.21. The summed E-state index contributed by atoms with van der Waals surface area (Å²) in [5.41, 5.74) is -0.514. The molecule has 0 unspecified atom stereocenters. The van der Waals surface area contributed by atoms with Crippen LogP contribution in [0.1, 0.15) is 41.0 Å². The first-order valence-corrected chi connectivity index (χ1v) is 7.21. The van der Waals surface area contributed by atoms with Crippen LogP contribution in [0.5, 0.6) is 0 Å². The van der Waals surface area contributed by atoms with Crippen molar-refractivity contribution in [2.45, 2.75) is 64.8 Å². The minimum Gasteiger partial charge on any atom is -0.444 e. The first-order chi connectivity index (χ1) is 9.24. The third-order valence-electron chi connectivity index (χ3n) is 3.78. The molecular formula is C14H24N2O4. The maximum atomic E-state index is 12.3. The second kappa shape index (κ2) is 5.14. The van der Waals surface area contributed by atoms with Gasteiger partial charge in [-0.1, -0.05) is 6.92 Å². The molecule has 3 atom stereocenters. The molecule has 0 bridgehead atoms. The van der Waals surface area contributed by atoms with Crippen LogP contribution in [-0.4, -0.2) is 58.9 Å². The fourth-order valence-corrected chi connectivity index (χ4v) is 3.01. The molecule has 2 aliphatic heterocycles. The van der Waals surface area contributed by atoms with E-state index in [1.807, 2.05) is 34.6 Å². The average molecular weight is 284 g/mol. The lowest BCUT2D eigenvalue weighted by molar-refractivity contribution is -0.0106. The van der Waals surface area contributed by atoms with Gasteiger partial charge in [-0.3, -0.25) is 4.90 Å². The van der Waals surface area contributed by atoms with E-state index in [9.17, 15) is 9.59 Å². The molecule has 0 radical (unpaired) electrons. The highest BCUT2D eigenvalue weighted by molar-refractivity contribution is 5.73. The number of hydrogen-bond donors (Lipinski definition) is 0. The predicted molar refractivity (Wildman–Crippen MR) is 73.5 cm³/mol. The Kier molecular flexibility index (Phi) is 3.84. The highest BCUT2D eigenvalue weighted by Crippen LogP contribution is 2.30. The van der Waals surface area contributed by atoms with Gasteiger partial charge in [-0.15, -0.1) is 0 Å². The lowest BCUT2D eigenvalue weighted by atomic mass is 9.96. The van der Waals surface area contributed by atoms with E-state index in [1.54, 1.807) is 9.80 Å². The summed E-state index contributed by atoms with van der Waals surface area (Å²) in [5.74, 6) is 0.